The molecule has 0 aliphatic carbocycles. The highest BCUT2D eigenvalue weighted by molar-refractivity contribution is 14.0. The Morgan fingerprint density at radius 1 is 1.22 bits per heavy atom. The second kappa shape index (κ2) is 11.2. The molecule has 1 atom stereocenters. The monoisotopic (exact) mass is 485 g/mol. The van der Waals surface area contributed by atoms with Gasteiger partial charge in [0.1, 0.15) is 5.75 Å². The molecule has 1 aromatic carbocycles. The Labute approximate surface area is 180 Å². The van der Waals surface area contributed by atoms with Crippen LogP contribution in [0.3, 0.4) is 0 Å². The van der Waals surface area contributed by atoms with E-state index in [0.29, 0.717) is 0 Å². The van der Waals surface area contributed by atoms with Gasteiger partial charge < -0.3 is 24.4 Å². The lowest BCUT2D eigenvalue weighted by Crippen LogP contribution is -2.42. The van der Waals surface area contributed by atoms with Crippen LogP contribution >= 0.6 is 24.0 Å². The van der Waals surface area contributed by atoms with Gasteiger partial charge in [-0.2, -0.15) is 0 Å². The van der Waals surface area contributed by atoms with Crippen molar-refractivity contribution >= 4 is 29.9 Å². The molecule has 1 heterocycles. The number of likely N-dealkylation sites (N-methyl/N-ethyl adjacent to an activating group) is 1. The molecule has 7 heteroatoms. The van der Waals surface area contributed by atoms with Gasteiger partial charge in [0, 0.05) is 39.6 Å². The molecule has 0 amide bonds. The van der Waals surface area contributed by atoms with Crippen molar-refractivity contribution in [3.8, 4) is 5.75 Å². The van der Waals surface area contributed by atoms with Crippen molar-refractivity contribution in [1.29, 1.82) is 0 Å². The molecule has 0 saturated carbocycles. The zero-order chi connectivity index (χ0) is 19.1. The highest BCUT2D eigenvalue weighted by Gasteiger charge is 2.17. The largest absolute Gasteiger partial charge is 0.497 e. The van der Waals surface area contributed by atoms with E-state index in [4.69, 9.17) is 4.74 Å². The van der Waals surface area contributed by atoms with Gasteiger partial charge in [0.15, 0.2) is 5.96 Å². The number of nitrogens with zero attached hydrogens (tertiary/aromatic N) is 4. The van der Waals surface area contributed by atoms with Gasteiger partial charge in [0.05, 0.1) is 19.7 Å². The zero-order valence-corrected chi connectivity index (χ0v) is 19.5. The van der Waals surface area contributed by atoms with Crippen molar-refractivity contribution < 1.29 is 4.74 Å². The van der Waals surface area contributed by atoms with E-state index in [-0.39, 0.29) is 30.0 Å². The molecule has 0 radical (unpaired) electrons. The van der Waals surface area contributed by atoms with Gasteiger partial charge in [0.25, 0.3) is 0 Å². The molecule has 1 unspecified atom stereocenters. The van der Waals surface area contributed by atoms with Crippen molar-refractivity contribution in [2.45, 2.75) is 12.6 Å². The van der Waals surface area contributed by atoms with Crippen LogP contribution in [-0.4, -0.2) is 62.2 Å². The number of guanidine groups is 1. The minimum atomic E-state index is 0. The van der Waals surface area contributed by atoms with Gasteiger partial charge in [-0.25, -0.2) is 0 Å². The Balaban J connectivity index is 0.00000364. The second-order valence-electron chi connectivity index (χ2n) is 6.65. The third-order valence-corrected chi connectivity index (χ3v) is 4.58. The molecule has 6 nitrogen and oxygen atoms in total. The average molecular weight is 485 g/mol. The third kappa shape index (κ3) is 6.42. The summed E-state index contributed by atoms with van der Waals surface area (Å²) in [7, 11) is 11.8. The van der Waals surface area contributed by atoms with Crippen LogP contribution in [0.15, 0.2) is 47.6 Å². The van der Waals surface area contributed by atoms with Crippen LogP contribution in [-0.2, 0) is 13.6 Å². The molecule has 150 valence electrons. The topological polar surface area (TPSA) is 45.0 Å². The first kappa shape index (κ1) is 23.3. The Bertz CT molecular complexity index is 729. The quantitative estimate of drug-likeness (QED) is 0.372. The first-order valence-corrected chi connectivity index (χ1v) is 8.78. The van der Waals surface area contributed by atoms with Crippen LogP contribution in [0.1, 0.15) is 17.3 Å². The number of halogens is 1. The van der Waals surface area contributed by atoms with E-state index in [9.17, 15) is 0 Å². The fourth-order valence-electron chi connectivity index (χ4n) is 3.00. The van der Waals surface area contributed by atoms with E-state index < -0.39 is 0 Å². The summed E-state index contributed by atoms with van der Waals surface area (Å²) in [6, 6.07) is 12.6. The minimum Gasteiger partial charge on any atom is -0.497 e. The van der Waals surface area contributed by atoms with E-state index in [1.165, 1.54) is 11.3 Å². The van der Waals surface area contributed by atoms with E-state index >= 15 is 0 Å². The lowest BCUT2D eigenvalue weighted by Gasteiger charge is -2.28. The van der Waals surface area contributed by atoms with Crippen molar-refractivity contribution in [2.24, 2.45) is 12.0 Å². The number of aromatic nitrogens is 1. The minimum absolute atomic E-state index is 0. The maximum absolute atomic E-state index is 5.37. The van der Waals surface area contributed by atoms with E-state index in [0.717, 1.165) is 24.8 Å². The predicted octanol–water partition coefficient (Wildman–Crippen LogP) is 2.96. The fraction of sp³-hybridized carbons (Fsp3) is 0.450. The highest BCUT2D eigenvalue weighted by Crippen LogP contribution is 2.22. The summed E-state index contributed by atoms with van der Waals surface area (Å²) in [6.07, 6.45) is 2.06. The summed E-state index contributed by atoms with van der Waals surface area (Å²) in [4.78, 5) is 8.77. The summed E-state index contributed by atoms with van der Waals surface area (Å²) < 4.78 is 7.49. The van der Waals surface area contributed by atoms with Gasteiger partial charge in [0.2, 0.25) is 0 Å². The summed E-state index contributed by atoms with van der Waals surface area (Å²) in [6.45, 7) is 1.55. The molecule has 0 saturated heterocycles. The smallest absolute Gasteiger partial charge is 0.193 e. The molecule has 0 fully saturated rings. The molecule has 27 heavy (non-hydrogen) atoms. The van der Waals surface area contributed by atoms with Crippen LogP contribution in [0.4, 0.5) is 0 Å². The molecule has 2 aromatic rings. The molecule has 1 N–H and O–H groups in total. The molecule has 0 aliphatic heterocycles. The normalized spacial score (nSPS) is 12.5. The number of nitrogens with one attached hydrogen (secondary N) is 1. The van der Waals surface area contributed by atoms with E-state index in [2.05, 4.69) is 83.3 Å². The molecular formula is C20H32IN5O. The molecule has 0 spiro atoms. The van der Waals surface area contributed by atoms with Crippen LogP contribution in [0.25, 0.3) is 0 Å². The summed E-state index contributed by atoms with van der Waals surface area (Å²) in [5, 5.41) is 3.50. The van der Waals surface area contributed by atoms with Crippen LogP contribution in [0, 0.1) is 0 Å². The summed E-state index contributed by atoms with van der Waals surface area (Å²) in [5.41, 5.74) is 2.45. The zero-order valence-electron chi connectivity index (χ0n) is 17.1. The third-order valence-electron chi connectivity index (χ3n) is 4.58. The summed E-state index contributed by atoms with van der Waals surface area (Å²) in [5.74, 6) is 1.75. The van der Waals surface area contributed by atoms with Crippen molar-refractivity contribution in [1.82, 2.24) is 19.7 Å². The molecule has 0 aliphatic rings. The molecule has 1 aromatic heterocycles. The number of hydrogen-bond acceptors (Lipinski definition) is 3. The number of aliphatic imine (C=N–C) groups is 1. The second-order valence-corrected chi connectivity index (χ2v) is 6.65. The van der Waals surface area contributed by atoms with E-state index in [1.807, 2.05) is 19.2 Å². The van der Waals surface area contributed by atoms with Crippen molar-refractivity contribution in [2.75, 3.05) is 41.8 Å². The number of benzene rings is 1. The van der Waals surface area contributed by atoms with Crippen molar-refractivity contribution in [3.05, 3.63) is 53.9 Å². The van der Waals surface area contributed by atoms with Crippen LogP contribution in [0.5, 0.6) is 5.75 Å². The number of ether oxygens (including phenoxy) is 1. The van der Waals surface area contributed by atoms with Gasteiger partial charge in [-0.15, -0.1) is 24.0 Å². The molecular weight excluding hydrogens is 453 g/mol. The maximum Gasteiger partial charge on any atom is 0.193 e. The molecule has 2 rings (SSSR count). The predicted molar refractivity (Wildman–Crippen MR) is 123 cm³/mol. The Kier molecular flexibility index (Phi) is 9.65. The van der Waals surface area contributed by atoms with E-state index in [1.54, 1.807) is 7.11 Å². The van der Waals surface area contributed by atoms with Gasteiger partial charge in [-0.05, 0) is 43.9 Å². The van der Waals surface area contributed by atoms with Crippen LogP contribution < -0.4 is 10.1 Å². The first-order chi connectivity index (χ1) is 12.5. The number of rotatable bonds is 7. The molecule has 0 bridgehead atoms. The number of hydrogen-bond donors (Lipinski definition) is 1. The van der Waals surface area contributed by atoms with Gasteiger partial charge >= 0.3 is 0 Å². The van der Waals surface area contributed by atoms with Gasteiger partial charge in [-0.1, -0.05) is 12.1 Å². The Hall–Kier alpha value is -1.74. The lowest BCUT2D eigenvalue weighted by molar-refractivity contribution is 0.294. The van der Waals surface area contributed by atoms with Crippen LogP contribution in [0.2, 0.25) is 0 Å². The Morgan fingerprint density at radius 3 is 2.52 bits per heavy atom. The number of methoxy groups -OCH3 is 1. The maximum atomic E-state index is 5.37. The standard InChI is InChI=1S/C20H31N5O.HI/c1-21-20(25(5)15-17-10-8-12-24(17)4)22-14-19(23(2)3)16-9-7-11-18(13-16)26-6;/h7-13,19H,14-15H2,1-6H3,(H,21,22);1H. The van der Waals surface area contributed by atoms with Crippen molar-refractivity contribution in [3.63, 3.8) is 0 Å². The summed E-state index contributed by atoms with van der Waals surface area (Å²) >= 11 is 0. The fourth-order valence-corrected chi connectivity index (χ4v) is 3.00. The first-order valence-electron chi connectivity index (χ1n) is 8.78. The Morgan fingerprint density at radius 2 is 1.96 bits per heavy atom. The lowest BCUT2D eigenvalue weighted by atomic mass is 10.1. The van der Waals surface area contributed by atoms with Gasteiger partial charge in [-0.3, -0.25) is 4.99 Å². The highest BCUT2D eigenvalue weighted by atomic mass is 127. The number of aryl methyl sites for hydroxylation is 1. The SMILES string of the molecule is CN=C(NCC(c1cccc(OC)c1)N(C)C)N(C)Cc1cccn1C.I. The average Bonchev–Trinajstić information content (AvgIpc) is 3.03.